The number of ether oxygens (including phenoxy) is 1. The van der Waals surface area contributed by atoms with Crippen LogP contribution in [0.4, 0.5) is 20.2 Å². The number of anilines is 2. The smallest absolute Gasteiger partial charge is 0.310 e. The van der Waals surface area contributed by atoms with E-state index < -0.39 is 25.0 Å². The van der Waals surface area contributed by atoms with Gasteiger partial charge in [0, 0.05) is 5.69 Å². The fraction of sp³-hybridized carbons (Fsp3) is 0.235. The number of halogens is 4. The molecule has 0 bridgehead atoms. The lowest BCUT2D eigenvalue weighted by molar-refractivity contribution is -0.153. The summed E-state index contributed by atoms with van der Waals surface area (Å²) in [6.07, 6.45) is -0.189. The number of carbonyl (C=O) groups is 1. The van der Waals surface area contributed by atoms with Gasteiger partial charge in [-0.3, -0.25) is 4.79 Å². The Balaban J connectivity index is 2.12. The summed E-state index contributed by atoms with van der Waals surface area (Å²) in [5.41, 5.74) is 6.52. The monoisotopic (exact) mass is 388 g/mol. The molecular weight excluding hydrogens is 373 g/mol. The Morgan fingerprint density at radius 1 is 1.12 bits per heavy atom. The number of hydrogen-bond donors (Lipinski definition) is 2. The predicted octanol–water partition coefficient (Wildman–Crippen LogP) is 4.42. The SMILES string of the molecule is NCC(F)(F)COC(=O)Cc1ccccc1Nc1c(Cl)cccc1Cl. The van der Waals surface area contributed by atoms with Crippen LogP contribution in [0.5, 0.6) is 0 Å². The highest BCUT2D eigenvalue weighted by Crippen LogP contribution is 2.33. The van der Waals surface area contributed by atoms with Gasteiger partial charge in [0.15, 0.2) is 6.61 Å². The van der Waals surface area contributed by atoms with E-state index in [0.717, 1.165) is 0 Å². The molecule has 2 rings (SSSR count). The van der Waals surface area contributed by atoms with E-state index in [2.05, 4.69) is 10.1 Å². The van der Waals surface area contributed by atoms with Gasteiger partial charge in [-0.05, 0) is 23.8 Å². The van der Waals surface area contributed by atoms with Crippen LogP contribution in [0, 0.1) is 0 Å². The van der Waals surface area contributed by atoms with E-state index >= 15 is 0 Å². The minimum absolute atomic E-state index is 0.189. The number of para-hydroxylation sites is 2. The summed E-state index contributed by atoms with van der Waals surface area (Å²) in [5, 5.41) is 3.88. The highest BCUT2D eigenvalue weighted by molar-refractivity contribution is 6.39. The van der Waals surface area contributed by atoms with E-state index in [1.165, 1.54) is 0 Å². The van der Waals surface area contributed by atoms with Crippen molar-refractivity contribution in [2.45, 2.75) is 12.3 Å². The van der Waals surface area contributed by atoms with E-state index in [4.69, 9.17) is 28.9 Å². The van der Waals surface area contributed by atoms with E-state index in [0.29, 0.717) is 27.0 Å². The third kappa shape index (κ3) is 5.56. The van der Waals surface area contributed by atoms with Crippen molar-refractivity contribution in [2.24, 2.45) is 5.73 Å². The molecule has 0 saturated carbocycles. The first-order chi connectivity index (χ1) is 11.8. The molecule has 0 aliphatic heterocycles. The number of rotatable bonds is 7. The summed E-state index contributed by atoms with van der Waals surface area (Å²) in [7, 11) is 0. The van der Waals surface area contributed by atoms with E-state index in [9.17, 15) is 13.6 Å². The van der Waals surface area contributed by atoms with Crippen LogP contribution in [0.3, 0.4) is 0 Å². The molecular formula is C17H16Cl2F2N2O2. The third-order valence-corrected chi connectivity index (χ3v) is 3.95. The van der Waals surface area contributed by atoms with E-state index in [1.54, 1.807) is 42.5 Å². The second-order valence-corrected chi connectivity index (χ2v) is 6.09. The molecule has 2 aromatic carbocycles. The fourth-order valence-electron chi connectivity index (χ4n) is 2.00. The van der Waals surface area contributed by atoms with Crippen molar-refractivity contribution in [1.29, 1.82) is 0 Å². The maximum Gasteiger partial charge on any atom is 0.310 e. The van der Waals surface area contributed by atoms with Crippen LogP contribution in [0.25, 0.3) is 0 Å². The third-order valence-electron chi connectivity index (χ3n) is 3.32. The zero-order valence-corrected chi connectivity index (χ0v) is 14.6. The van der Waals surface area contributed by atoms with Crippen LogP contribution in [-0.2, 0) is 16.0 Å². The lowest BCUT2D eigenvalue weighted by atomic mass is 10.1. The van der Waals surface area contributed by atoms with E-state index in [-0.39, 0.29) is 6.42 Å². The van der Waals surface area contributed by atoms with Crippen molar-refractivity contribution < 1.29 is 18.3 Å². The van der Waals surface area contributed by atoms with Gasteiger partial charge in [0.05, 0.1) is 28.7 Å². The number of benzene rings is 2. The first-order valence-corrected chi connectivity index (χ1v) is 8.10. The molecule has 2 aromatic rings. The maximum atomic E-state index is 13.1. The number of esters is 1. The molecule has 0 aromatic heterocycles. The van der Waals surface area contributed by atoms with Gasteiger partial charge < -0.3 is 15.8 Å². The number of alkyl halides is 2. The molecule has 0 heterocycles. The maximum absolute atomic E-state index is 13.1. The van der Waals surface area contributed by atoms with Crippen LogP contribution in [0.1, 0.15) is 5.56 Å². The summed E-state index contributed by atoms with van der Waals surface area (Å²) in [4.78, 5) is 11.8. The molecule has 0 saturated heterocycles. The lowest BCUT2D eigenvalue weighted by Gasteiger charge is -2.16. The molecule has 0 amide bonds. The quantitative estimate of drug-likeness (QED) is 0.689. The normalized spacial score (nSPS) is 11.2. The van der Waals surface area contributed by atoms with Crippen molar-refractivity contribution in [3.05, 3.63) is 58.1 Å². The van der Waals surface area contributed by atoms with Crippen LogP contribution >= 0.6 is 23.2 Å². The molecule has 25 heavy (non-hydrogen) atoms. The minimum atomic E-state index is -3.24. The molecule has 0 aliphatic carbocycles. The molecule has 0 radical (unpaired) electrons. The molecule has 0 atom stereocenters. The summed E-state index contributed by atoms with van der Waals surface area (Å²) in [5.74, 6) is -4.02. The first-order valence-electron chi connectivity index (χ1n) is 7.35. The zero-order valence-electron chi connectivity index (χ0n) is 13.1. The summed E-state index contributed by atoms with van der Waals surface area (Å²) >= 11 is 12.2. The molecule has 134 valence electrons. The van der Waals surface area contributed by atoms with Crippen LogP contribution < -0.4 is 11.1 Å². The first kappa shape index (κ1) is 19.4. The average molecular weight is 389 g/mol. The van der Waals surface area contributed by atoms with Gasteiger partial charge in [-0.2, -0.15) is 0 Å². The van der Waals surface area contributed by atoms with Gasteiger partial charge in [-0.15, -0.1) is 0 Å². The Kier molecular flexibility index (Phi) is 6.58. The predicted molar refractivity (Wildman–Crippen MR) is 94.9 cm³/mol. The van der Waals surface area contributed by atoms with Crippen molar-refractivity contribution in [1.82, 2.24) is 0 Å². The minimum Gasteiger partial charge on any atom is -0.459 e. The Labute approximate surface area is 153 Å². The van der Waals surface area contributed by atoms with Gasteiger partial charge in [-0.1, -0.05) is 47.5 Å². The van der Waals surface area contributed by atoms with Crippen molar-refractivity contribution in [3.63, 3.8) is 0 Å². The van der Waals surface area contributed by atoms with Crippen molar-refractivity contribution >= 4 is 40.5 Å². The van der Waals surface area contributed by atoms with Gasteiger partial charge in [-0.25, -0.2) is 8.78 Å². The summed E-state index contributed by atoms with van der Waals surface area (Å²) in [6.45, 7) is -1.93. The van der Waals surface area contributed by atoms with E-state index in [1.807, 2.05) is 0 Å². The highest BCUT2D eigenvalue weighted by Gasteiger charge is 2.29. The Morgan fingerprint density at radius 2 is 1.76 bits per heavy atom. The number of nitrogens with two attached hydrogens (primary N) is 1. The van der Waals surface area contributed by atoms with Crippen LogP contribution in [0.2, 0.25) is 10.0 Å². The van der Waals surface area contributed by atoms with Gasteiger partial charge in [0.1, 0.15) is 0 Å². The largest absolute Gasteiger partial charge is 0.459 e. The zero-order chi connectivity index (χ0) is 18.4. The van der Waals surface area contributed by atoms with Gasteiger partial charge in [0.25, 0.3) is 5.92 Å². The van der Waals surface area contributed by atoms with Crippen molar-refractivity contribution in [3.8, 4) is 0 Å². The second kappa shape index (κ2) is 8.47. The molecule has 4 nitrogen and oxygen atoms in total. The summed E-state index contributed by atoms with van der Waals surface area (Å²) < 4.78 is 30.7. The fourth-order valence-corrected chi connectivity index (χ4v) is 2.49. The molecule has 0 fully saturated rings. The number of hydrogen-bond acceptors (Lipinski definition) is 4. The number of carbonyl (C=O) groups excluding carboxylic acids is 1. The lowest BCUT2D eigenvalue weighted by Crippen LogP contribution is -2.34. The molecule has 0 unspecified atom stereocenters. The Hall–Kier alpha value is -1.89. The number of nitrogens with one attached hydrogen (secondary N) is 1. The molecule has 3 N–H and O–H groups in total. The molecule has 0 aliphatic rings. The van der Waals surface area contributed by atoms with Crippen LogP contribution in [-0.4, -0.2) is 25.0 Å². The standard InChI is InChI=1S/C17H16Cl2F2N2O2/c18-12-5-3-6-13(19)16(12)23-14-7-2-1-4-11(14)8-15(24)25-10-17(20,21)9-22/h1-7,23H,8-10,22H2. The Bertz CT molecular complexity index is 737. The molecule has 8 heteroatoms. The second-order valence-electron chi connectivity index (χ2n) is 5.28. The Morgan fingerprint density at radius 3 is 2.40 bits per heavy atom. The van der Waals surface area contributed by atoms with Crippen molar-refractivity contribution in [2.75, 3.05) is 18.5 Å². The summed E-state index contributed by atoms with van der Waals surface area (Å²) in [6, 6.07) is 11.9. The van der Waals surface area contributed by atoms with Crippen LogP contribution in [0.15, 0.2) is 42.5 Å². The van der Waals surface area contributed by atoms with Gasteiger partial charge >= 0.3 is 5.97 Å². The average Bonchev–Trinajstić information content (AvgIpc) is 2.58. The topological polar surface area (TPSA) is 64.3 Å². The van der Waals surface area contributed by atoms with Gasteiger partial charge in [0.2, 0.25) is 0 Å². The highest BCUT2D eigenvalue weighted by atomic mass is 35.5. The molecule has 0 spiro atoms.